The van der Waals surface area contributed by atoms with Gasteiger partial charge in [0.05, 0.1) is 6.54 Å². The predicted molar refractivity (Wildman–Crippen MR) is 72.0 cm³/mol. The van der Waals surface area contributed by atoms with Crippen LogP contribution in [0.3, 0.4) is 0 Å². The number of urea groups is 1. The highest BCUT2D eigenvalue weighted by molar-refractivity contribution is 5.96. The summed E-state index contributed by atoms with van der Waals surface area (Å²) < 4.78 is 35.6. The standard InChI is InChI=1S/C13H16F3N3O2/c1-8-4-3-5-10(9(8)2)17-6-11(20)19-12(21)18-7-13(14,15)16/h3-5,17H,6-7H2,1-2H3,(H2,18,19,20,21). The maximum atomic E-state index is 11.9. The Labute approximate surface area is 119 Å². The fourth-order valence-corrected chi connectivity index (χ4v) is 1.51. The van der Waals surface area contributed by atoms with E-state index in [1.807, 2.05) is 19.9 Å². The van der Waals surface area contributed by atoms with Gasteiger partial charge in [0, 0.05) is 5.69 Å². The number of aryl methyl sites for hydroxylation is 1. The number of nitrogens with one attached hydrogen (secondary N) is 3. The lowest BCUT2D eigenvalue weighted by molar-refractivity contribution is -0.124. The topological polar surface area (TPSA) is 70.2 Å². The second-order valence-electron chi connectivity index (χ2n) is 4.45. The number of halogens is 3. The minimum Gasteiger partial charge on any atom is -0.376 e. The van der Waals surface area contributed by atoms with Crippen LogP contribution in [0.25, 0.3) is 0 Å². The van der Waals surface area contributed by atoms with Crippen molar-refractivity contribution in [1.29, 1.82) is 0 Å². The Hall–Kier alpha value is -2.25. The van der Waals surface area contributed by atoms with Crippen molar-refractivity contribution in [3.05, 3.63) is 29.3 Å². The van der Waals surface area contributed by atoms with Crippen LogP contribution in [0.2, 0.25) is 0 Å². The highest BCUT2D eigenvalue weighted by atomic mass is 19.4. The van der Waals surface area contributed by atoms with Crippen molar-refractivity contribution in [3.63, 3.8) is 0 Å². The largest absolute Gasteiger partial charge is 0.405 e. The molecule has 0 atom stereocenters. The third-order valence-electron chi connectivity index (χ3n) is 2.75. The van der Waals surface area contributed by atoms with Gasteiger partial charge in [-0.3, -0.25) is 10.1 Å². The molecule has 3 N–H and O–H groups in total. The van der Waals surface area contributed by atoms with E-state index in [-0.39, 0.29) is 6.54 Å². The van der Waals surface area contributed by atoms with E-state index in [0.29, 0.717) is 0 Å². The minimum absolute atomic E-state index is 0.219. The van der Waals surface area contributed by atoms with Gasteiger partial charge < -0.3 is 10.6 Å². The molecule has 5 nitrogen and oxygen atoms in total. The quantitative estimate of drug-likeness (QED) is 0.798. The number of carbonyl (C=O) groups excluding carboxylic acids is 2. The molecule has 0 saturated carbocycles. The molecule has 0 heterocycles. The van der Waals surface area contributed by atoms with Crippen LogP contribution in [0, 0.1) is 13.8 Å². The van der Waals surface area contributed by atoms with Crippen LogP contribution < -0.4 is 16.0 Å². The molecular formula is C13H16F3N3O2. The van der Waals surface area contributed by atoms with Crippen molar-refractivity contribution in [2.24, 2.45) is 0 Å². The lowest BCUT2D eigenvalue weighted by Gasteiger charge is -2.12. The molecule has 0 fully saturated rings. The summed E-state index contributed by atoms with van der Waals surface area (Å²) in [4.78, 5) is 22.5. The van der Waals surface area contributed by atoms with Gasteiger partial charge in [0.25, 0.3) is 0 Å². The molecular weight excluding hydrogens is 287 g/mol. The van der Waals surface area contributed by atoms with Crippen LogP contribution in [-0.2, 0) is 4.79 Å². The summed E-state index contributed by atoms with van der Waals surface area (Å²) in [5.74, 6) is -0.726. The van der Waals surface area contributed by atoms with Crippen LogP contribution >= 0.6 is 0 Å². The molecule has 0 aromatic heterocycles. The molecule has 3 amide bonds. The first-order chi connectivity index (χ1) is 9.69. The molecule has 8 heteroatoms. The summed E-state index contributed by atoms with van der Waals surface area (Å²) in [6, 6.07) is 4.29. The second kappa shape index (κ2) is 6.96. The molecule has 0 spiro atoms. The van der Waals surface area contributed by atoms with Gasteiger partial charge in [0.1, 0.15) is 6.54 Å². The van der Waals surface area contributed by atoms with E-state index < -0.39 is 24.7 Å². The van der Waals surface area contributed by atoms with Crippen molar-refractivity contribution in [1.82, 2.24) is 10.6 Å². The zero-order valence-corrected chi connectivity index (χ0v) is 11.6. The highest BCUT2D eigenvalue weighted by Gasteiger charge is 2.27. The molecule has 0 saturated heterocycles. The monoisotopic (exact) mass is 303 g/mol. The second-order valence-corrected chi connectivity index (χ2v) is 4.45. The van der Waals surface area contributed by atoms with Gasteiger partial charge in [0.2, 0.25) is 5.91 Å². The molecule has 0 aliphatic carbocycles. The van der Waals surface area contributed by atoms with Gasteiger partial charge in [-0.1, -0.05) is 12.1 Å². The van der Waals surface area contributed by atoms with Crippen molar-refractivity contribution < 1.29 is 22.8 Å². The van der Waals surface area contributed by atoms with Crippen LogP contribution in [0.4, 0.5) is 23.7 Å². The van der Waals surface area contributed by atoms with E-state index >= 15 is 0 Å². The molecule has 1 rings (SSSR count). The average molecular weight is 303 g/mol. The SMILES string of the molecule is Cc1cccc(NCC(=O)NC(=O)NCC(F)(F)F)c1C. The average Bonchev–Trinajstić information content (AvgIpc) is 2.37. The molecule has 116 valence electrons. The Balaban J connectivity index is 2.41. The molecule has 0 bridgehead atoms. The predicted octanol–water partition coefficient (Wildman–Crippen LogP) is 2.10. The van der Waals surface area contributed by atoms with E-state index in [1.54, 1.807) is 22.8 Å². The number of rotatable bonds is 4. The molecule has 0 aliphatic heterocycles. The van der Waals surface area contributed by atoms with E-state index in [1.165, 1.54) is 0 Å². The molecule has 0 radical (unpaired) electrons. The van der Waals surface area contributed by atoms with E-state index in [9.17, 15) is 22.8 Å². The maximum Gasteiger partial charge on any atom is 0.405 e. The van der Waals surface area contributed by atoms with Crippen molar-refractivity contribution in [2.45, 2.75) is 20.0 Å². The number of anilines is 1. The Morgan fingerprint density at radius 1 is 1.19 bits per heavy atom. The van der Waals surface area contributed by atoms with Crippen LogP contribution in [-0.4, -0.2) is 31.2 Å². The number of amides is 3. The number of alkyl halides is 3. The number of imide groups is 1. The Bertz CT molecular complexity index is 530. The smallest absolute Gasteiger partial charge is 0.376 e. The third kappa shape index (κ3) is 6.15. The zero-order valence-electron chi connectivity index (χ0n) is 11.6. The van der Waals surface area contributed by atoms with Crippen molar-refractivity contribution >= 4 is 17.6 Å². The molecule has 1 aromatic rings. The molecule has 1 aromatic carbocycles. The van der Waals surface area contributed by atoms with Crippen LogP contribution in [0.1, 0.15) is 11.1 Å². The number of benzene rings is 1. The van der Waals surface area contributed by atoms with Gasteiger partial charge in [-0.2, -0.15) is 13.2 Å². The Morgan fingerprint density at radius 2 is 1.86 bits per heavy atom. The first-order valence-corrected chi connectivity index (χ1v) is 6.13. The summed E-state index contributed by atoms with van der Waals surface area (Å²) >= 11 is 0. The van der Waals surface area contributed by atoms with Gasteiger partial charge in [-0.05, 0) is 31.0 Å². The summed E-state index contributed by atoms with van der Waals surface area (Å²) in [7, 11) is 0. The minimum atomic E-state index is -4.52. The summed E-state index contributed by atoms with van der Waals surface area (Å²) in [6.45, 7) is 2.07. The zero-order chi connectivity index (χ0) is 16.0. The summed E-state index contributed by atoms with van der Waals surface area (Å²) in [6.07, 6.45) is -4.52. The van der Waals surface area contributed by atoms with Crippen LogP contribution in [0.5, 0.6) is 0 Å². The van der Waals surface area contributed by atoms with Gasteiger partial charge >= 0.3 is 12.2 Å². The van der Waals surface area contributed by atoms with Crippen LogP contribution in [0.15, 0.2) is 18.2 Å². The number of carbonyl (C=O) groups is 2. The van der Waals surface area contributed by atoms with Crippen molar-refractivity contribution in [3.8, 4) is 0 Å². The molecule has 21 heavy (non-hydrogen) atoms. The summed E-state index contributed by atoms with van der Waals surface area (Å²) in [5, 5.41) is 6.17. The number of hydrogen-bond acceptors (Lipinski definition) is 3. The van der Waals surface area contributed by atoms with E-state index in [0.717, 1.165) is 16.8 Å². The van der Waals surface area contributed by atoms with Gasteiger partial charge in [-0.25, -0.2) is 4.79 Å². The lowest BCUT2D eigenvalue weighted by atomic mass is 10.1. The highest BCUT2D eigenvalue weighted by Crippen LogP contribution is 2.17. The fraction of sp³-hybridized carbons (Fsp3) is 0.385. The first-order valence-electron chi connectivity index (χ1n) is 6.13. The third-order valence-corrected chi connectivity index (χ3v) is 2.75. The lowest BCUT2D eigenvalue weighted by Crippen LogP contribution is -2.45. The van der Waals surface area contributed by atoms with Crippen molar-refractivity contribution in [2.75, 3.05) is 18.4 Å². The fourth-order valence-electron chi connectivity index (χ4n) is 1.51. The Kier molecular flexibility index (Phi) is 5.57. The summed E-state index contributed by atoms with van der Waals surface area (Å²) in [5.41, 5.74) is 2.70. The first kappa shape index (κ1) is 16.8. The molecule has 0 unspecified atom stereocenters. The maximum absolute atomic E-state index is 11.9. The van der Waals surface area contributed by atoms with E-state index in [4.69, 9.17) is 0 Å². The van der Waals surface area contributed by atoms with Gasteiger partial charge in [0.15, 0.2) is 0 Å². The number of hydrogen-bond donors (Lipinski definition) is 3. The van der Waals surface area contributed by atoms with E-state index in [2.05, 4.69) is 5.32 Å². The van der Waals surface area contributed by atoms with Gasteiger partial charge in [-0.15, -0.1) is 0 Å². The normalized spacial score (nSPS) is 10.9. The Morgan fingerprint density at radius 3 is 2.48 bits per heavy atom. The molecule has 0 aliphatic rings.